The van der Waals surface area contributed by atoms with Crippen LogP contribution in [0.4, 0.5) is 11.4 Å². The molecule has 158 valence electrons. The molecule has 0 saturated heterocycles. The van der Waals surface area contributed by atoms with Crippen molar-refractivity contribution in [1.29, 1.82) is 0 Å². The molecule has 0 aromatic heterocycles. The summed E-state index contributed by atoms with van der Waals surface area (Å²) < 4.78 is 1.91. The lowest BCUT2D eigenvalue weighted by atomic mass is 9.94. The molecule has 2 atom stereocenters. The number of hydrogen-bond donors (Lipinski definition) is 2. The van der Waals surface area contributed by atoms with Crippen LogP contribution in [0.5, 0.6) is 0 Å². The Bertz CT molecular complexity index is 1210. The molecule has 1 aliphatic carbocycles. The number of aliphatic hydroxyl groups is 2. The Morgan fingerprint density at radius 2 is 1.38 bits per heavy atom. The third kappa shape index (κ3) is 3.60. The van der Waals surface area contributed by atoms with Crippen molar-refractivity contribution in [3.8, 4) is 0 Å². The van der Waals surface area contributed by atoms with E-state index < -0.39 is 12.5 Å². The van der Waals surface area contributed by atoms with E-state index in [9.17, 15) is 10.2 Å². The number of allylic oxidation sites excluding steroid dienone is 5. The molecule has 0 bridgehead atoms. The Kier molecular flexibility index (Phi) is 5.55. The third-order valence-corrected chi connectivity index (χ3v) is 5.86. The molecule has 4 nitrogen and oxygen atoms in total. The van der Waals surface area contributed by atoms with E-state index in [1.807, 2.05) is 125 Å². The molecule has 1 aliphatic heterocycles. The van der Waals surface area contributed by atoms with Crippen molar-refractivity contribution < 1.29 is 14.8 Å². The minimum atomic E-state index is -1.02. The van der Waals surface area contributed by atoms with Gasteiger partial charge in [-0.15, -0.1) is 0 Å². The zero-order valence-corrected chi connectivity index (χ0v) is 17.6. The molecular formula is C28H25N2O2+. The van der Waals surface area contributed by atoms with Crippen LogP contribution in [0.3, 0.4) is 0 Å². The maximum Gasteiger partial charge on any atom is 0.294 e. The zero-order valence-electron chi connectivity index (χ0n) is 17.6. The number of benzene rings is 3. The van der Waals surface area contributed by atoms with Crippen LogP contribution in [-0.4, -0.2) is 33.1 Å². The molecule has 3 aromatic rings. The largest absolute Gasteiger partial charge is 0.351 e. The van der Waals surface area contributed by atoms with E-state index in [0.29, 0.717) is 12.0 Å². The highest BCUT2D eigenvalue weighted by Crippen LogP contribution is 2.35. The van der Waals surface area contributed by atoms with Crippen LogP contribution >= 0.6 is 0 Å². The van der Waals surface area contributed by atoms with E-state index in [-0.39, 0.29) is 0 Å². The second-order valence-corrected chi connectivity index (χ2v) is 7.82. The van der Waals surface area contributed by atoms with Crippen LogP contribution in [0.15, 0.2) is 126 Å². The number of aliphatic hydroxyl groups excluding tert-OH is 2. The molecule has 3 aromatic carbocycles. The molecule has 0 saturated carbocycles. The van der Waals surface area contributed by atoms with Crippen LogP contribution in [0.1, 0.15) is 12.0 Å². The fourth-order valence-electron chi connectivity index (χ4n) is 4.39. The molecule has 2 N–H and O–H groups in total. The van der Waals surface area contributed by atoms with Crippen LogP contribution in [0.25, 0.3) is 0 Å². The first kappa shape index (κ1) is 20.2. The maximum absolute atomic E-state index is 11.7. The third-order valence-electron chi connectivity index (χ3n) is 5.86. The molecule has 0 amide bonds. The maximum atomic E-state index is 11.7. The van der Waals surface area contributed by atoms with Gasteiger partial charge >= 0.3 is 0 Å². The number of para-hydroxylation sites is 2. The lowest BCUT2D eigenvalue weighted by Gasteiger charge is -2.36. The molecule has 0 radical (unpaired) electrons. The number of hydrogen-bond acceptors (Lipinski definition) is 3. The van der Waals surface area contributed by atoms with Gasteiger partial charge in [-0.2, -0.15) is 9.48 Å². The predicted octanol–water partition coefficient (Wildman–Crippen LogP) is 4.75. The summed E-state index contributed by atoms with van der Waals surface area (Å²) in [5.41, 5.74) is 4.10. The van der Waals surface area contributed by atoms with Crippen molar-refractivity contribution >= 4 is 17.2 Å². The standard InChI is InChI=1S/C28H25N2O2/c31-27-25(21-13-5-1-6-14-21)28(32)30(24-19-11-4-12-20-24)26(22-15-7-2-8-16-22)29(27)23-17-9-3-10-18-23/h1-13,15-20,27-28,31-32H,14H2/q+1. The highest BCUT2D eigenvalue weighted by atomic mass is 16.3. The topological polar surface area (TPSA) is 46.7 Å². The van der Waals surface area contributed by atoms with Crippen LogP contribution < -0.4 is 4.90 Å². The Labute approximate surface area is 188 Å². The van der Waals surface area contributed by atoms with Crippen molar-refractivity contribution in [2.75, 3.05) is 4.90 Å². The SMILES string of the molecule is OC1/C(=C2\C=CC=CC2)C(O)[N+](c2ccccc2)=C(c2ccccc2)N1c1ccccc1. The minimum absolute atomic E-state index is 0.581. The number of amidine groups is 1. The number of nitrogens with zero attached hydrogens (tertiary/aromatic N) is 2. The van der Waals surface area contributed by atoms with E-state index in [1.54, 1.807) is 0 Å². The van der Waals surface area contributed by atoms with Gasteiger partial charge in [-0.25, -0.2) is 0 Å². The summed E-state index contributed by atoms with van der Waals surface area (Å²) in [6.45, 7) is 0. The van der Waals surface area contributed by atoms with Crippen LogP contribution in [0, 0.1) is 0 Å². The molecule has 2 aliphatic rings. The molecule has 5 rings (SSSR count). The summed E-state index contributed by atoms with van der Waals surface area (Å²) in [5.74, 6) is 0.725. The zero-order chi connectivity index (χ0) is 21.9. The Hall–Kier alpha value is -3.73. The summed E-state index contributed by atoms with van der Waals surface area (Å²) in [6, 6.07) is 29.6. The number of anilines is 1. The molecule has 4 heteroatoms. The van der Waals surface area contributed by atoms with Gasteiger partial charge in [0.15, 0.2) is 0 Å². The first-order valence-electron chi connectivity index (χ1n) is 10.8. The van der Waals surface area contributed by atoms with Gasteiger partial charge in [-0.3, -0.25) is 0 Å². The Morgan fingerprint density at radius 1 is 0.750 bits per heavy atom. The fourth-order valence-corrected chi connectivity index (χ4v) is 4.39. The summed E-state index contributed by atoms with van der Waals surface area (Å²) in [5, 5.41) is 23.4. The molecule has 0 fully saturated rings. The van der Waals surface area contributed by atoms with Crippen molar-refractivity contribution in [1.82, 2.24) is 0 Å². The van der Waals surface area contributed by atoms with E-state index in [1.165, 1.54) is 0 Å². The van der Waals surface area contributed by atoms with Gasteiger partial charge < -0.3 is 10.2 Å². The highest BCUT2D eigenvalue weighted by Gasteiger charge is 2.47. The quantitative estimate of drug-likeness (QED) is 0.600. The monoisotopic (exact) mass is 421 g/mol. The highest BCUT2D eigenvalue weighted by molar-refractivity contribution is 6.08. The van der Waals surface area contributed by atoms with E-state index in [0.717, 1.165) is 28.3 Å². The summed E-state index contributed by atoms with van der Waals surface area (Å²) >= 11 is 0. The van der Waals surface area contributed by atoms with Crippen molar-refractivity contribution in [3.05, 3.63) is 132 Å². The molecule has 2 unspecified atom stereocenters. The van der Waals surface area contributed by atoms with Gasteiger partial charge in [-0.1, -0.05) is 78.9 Å². The number of rotatable bonds is 3. The minimum Gasteiger partial charge on any atom is -0.351 e. The normalized spacial score (nSPS) is 23.0. The first-order chi connectivity index (χ1) is 15.8. The molecule has 1 heterocycles. The Balaban J connectivity index is 1.85. The lowest BCUT2D eigenvalue weighted by molar-refractivity contribution is -0.530. The summed E-state index contributed by atoms with van der Waals surface area (Å²) in [6.07, 6.45) is 6.56. The van der Waals surface area contributed by atoms with E-state index >= 15 is 0 Å². The second kappa shape index (κ2) is 8.79. The second-order valence-electron chi connectivity index (χ2n) is 7.82. The van der Waals surface area contributed by atoms with Crippen molar-refractivity contribution in [2.24, 2.45) is 0 Å². The predicted molar refractivity (Wildman–Crippen MR) is 128 cm³/mol. The van der Waals surface area contributed by atoms with Crippen molar-refractivity contribution in [2.45, 2.75) is 18.9 Å². The van der Waals surface area contributed by atoms with E-state index in [4.69, 9.17) is 0 Å². The lowest BCUT2D eigenvalue weighted by Crippen LogP contribution is -2.55. The van der Waals surface area contributed by atoms with Gasteiger partial charge in [0.25, 0.3) is 5.84 Å². The van der Waals surface area contributed by atoms with E-state index in [2.05, 4.69) is 0 Å². The smallest absolute Gasteiger partial charge is 0.294 e. The molecule has 32 heavy (non-hydrogen) atoms. The van der Waals surface area contributed by atoms with Gasteiger partial charge in [0.05, 0.1) is 11.1 Å². The van der Waals surface area contributed by atoms with Crippen LogP contribution in [0.2, 0.25) is 0 Å². The van der Waals surface area contributed by atoms with Gasteiger partial charge in [0, 0.05) is 0 Å². The summed E-state index contributed by atoms with van der Waals surface area (Å²) in [4.78, 5) is 1.91. The average molecular weight is 422 g/mol. The summed E-state index contributed by atoms with van der Waals surface area (Å²) in [7, 11) is 0. The Morgan fingerprint density at radius 3 is 2.00 bits per heavy atom. The van der Waals surface area contributed by atoms with Gasteiger partial charge in [0.1, 0.15) is 11.4 Å². The molecular weight excluding hydrogens is 396 g/mol. The molecule has 0 spiro atoms. The fraction of sp³-hybridized carbons (Fsp3) is 0.107. The first-order valence-corrected chi connectivity index (χ1v) is 10.8. The van der Waals surface area contributed by atoms with Crippen molar-refractivity contribution in [3.63, 3.8) is 0 Å². The van der Waals surface area contributed by atoms with Gasteiger partial charge in [0.2, 0.25) is 12.5 Å². The average Bonchev–Trinajstić information content (AvgIpc) is 2.86. The van der Waals surface area contributed by atoms with Crippen LogP contribution in [-0.2, 0) is 0 Å². The van der Waals surface area contributed by atoms with Gasteiger partial charge in [-0.05, 0) is 48.4 Å².